The first-order valence-corrected chi connectivity index (χ1v) is 26.4. The molecule has 2 unspecified atom stereocenters. The van der Waals surface area contributed by atoms with Crippen LogP contribution in [-0.4, -0.2) is 87.5 Å². The number of aliphatic hydroxyl groups excluding tert-OH is 5. The molecule has 362 valence electrons. The van der Waals surface area contributed by atoms with Crippen molar-refractivity contribution in [3.8, 4) is 0 Å². The van der Waals surface area contributed by atoms with Crippen LogP contribution in [-0.2, 0) is 14.3 Å². The van der Waals surface area contributed by atoms with Crippen LogP contribution in [0.15, 0.2) is 12.2 Å². The number of ether oxygens (including phenoxy) is 2. The van der Waals surface area contributed by atoms with Gasteiger partial charge in [0.1, 0.15) is 24.4 Å². The fourth-order valence-corrected chi connectivity index (χ4v) is 8.63. The van der Waals surface area contributed by atoms with Gasteiger partial charge in [0.05, 0.1) is 25.4 Å². The van der Waals surface area contributed by atoms with Crippen LogP contribution < -0.4 is 5.32 Å². The first kappa shape index (κ1) is 57.9. The first-order chi connectivity index (χ1) is 29.8. The summed E-state index contributed by atoms with van der Waals surface area (Å²) in [5.41, 5.74) is 0. The third kappa shape index (κ3) is 33.1. The Morgan fingerprint density at radius 3 is 1.28 bits per heavy atom. The van der Waals surface area contributed by atoms with E-state index in [1.807, 2.05) is 6.08 Å². The number of carbonyl (C=O) groups excluding carboxylic acids is 1. The molecule has 9 nitrogen and oxygen atoms in total. The molecule has 1 rings (SSSR count). The van der Waals surface area contributed by atoms with Crippen LogP contribution >= 0.6 is 0 Å². The van der Waals surface area contributed by atoms with Gasteiger partial charge in [0.2, 0.25) is 5.91 Å². The lowest BCUT2D eigenvalue weighted by atomic mass is 9.99. The minimum absolute atomic E-state index is 0.171. The molecule has 7 atom stereocenters. The van der Waals surface area contributed by atoms with Gasteiger partial charge in [-0.15, -0.1) is 0 Å². The molecular weight excluding hydrogens is 767 g/mol. The maximum absolute atomic E-state index is 13.0. The zero-order valence-corrected chi connectivity index (χ0v) is 39.9. The molecule has 0 saturated carbocycles. The van der Waals surface area contributed by atoms with E-state index in [0.717, 1.165) is 38.5 Å². The maximum atomic E-state index is 13.0. The van der Waals surface area contributed by atoms with Gasteiger partial charge in [0.15, 0.2) is 6.29 Å². The van der Waals surface area contributed by atoms with E-state index in [-0.39, 0.29) is 12.5 Å². The number of unbranched alkanes of at least 4 members (excludes halogenated alkanes) is 35. The first-order valence-electron chi connectivity index (χ1n) is 26.4. The number of carbonyl (C=O) groups is 1. The summed E-state index contributed by atoms with van der Waals surface area (Å²) in [5, 5.41) is 54.4. The summed E-state index contributed by atoms with van der Waals surface area (Å²) in [6, 6.07) is -0.799. The van der Waals surface area contributed by atoms with E-state index < -0.39 is 49.5 Å². The Labute approximate surface area is 376 Å². The van der Waals surface area contributed by atoms with Gasteiger partial charge in [-0.3, -0.25) is 4.79 Å². The van der Waals surface area contributed by atoms with Crippen molar-refractivity contribution in [1.29, 1.82) is 0 Å². The molecule has 0 spiro atoms. The summed E-state index contributed by atoms with van der Waals surface area (Å²) in [5.74, 6) is -0.171. The molecule has 0 aromatic carbocycles. The molecule has 0 aliphatic carbocycles. The molecule has 1 amide bonds. The van der Waals surface area contributed by atoms with Crippen molar-refractivity contribution in [1.82, 2.24) is 5.32 Å². The van der Waals surface area contributed by atoms with Crippen molar-refractivity contribution in [3.05, 3.63) is 12.2 Å². The molecule has 1 heterocycles. The lowest BCUT2D eigenvalue weighted by Gasteiger charge is -2.40. The van der Waals surface area contributed by atoms with Crippen molar-refractivity contribution in [3.63, 3.8) is 0 Å². The second kappa shape index (κ2) is 42.9. The summed E-state index contributed by atoms with van der Waals surface area (Å²) in [4.78, 5) is 13.0. The average molecular weight is 868 g/mol. The molecule has 9 heteroatoms. The van der Waals surface area contributed by atoms with E-state index >= 15 is 0 Å². The Hall–Kier alpha value is -1.07. The average Bonchev–Trinajstić information content (AvgIpc) is 3.26. The number of aliphatic hydroxyl groups is 5. The number of allylic oxidation sites excluding steroid dienone is 1. The van der Waals surface area contributed by atoms with Crippen LogP contribution in [0, 0.1) is 0 Å². The van der Waals surface area contributed by atoms with Gasteiger partial charge in [0, 0.05) is 6.42 Å². The third-order valence-electron chi connectivity index (χ3n) is 12.9. The molecule has 1 aliphatic heterocycles. The Morgan fingerprint density at radius 1 is 0.541 bits per heavy atom. The van der Waals surface area contributed by atoms with Gasteiger partial charge in [-0.1, -0.05) is 244 Å². The Kier molecular flexibility index (Phi) is 40.7. The van der Waals surface area contributed by atoms with E-state index in [0.29, 0.717) is 6.42 Å². The summed E-state index contributed by atoms with van der Waals surface area (Å²) in [7, 11) is 0. The zero-order valence-electron chi connectivity index (χ0n) is 39.9. The molecular formula is C52H101NO8. The van der Waals surface area contributed by atoms with Crippen molar-refractivity contribution < 1.29 is 39.8 Å². The van der Waals surface area contributed by atoms with Gasteiger partial charge in [-0.25, -0.2) is 0 Å². The largest absolute Gasteiger partial charge is 0.394 e. The van der Waals surface area contributed by atoms with Gasteiger partial charge in [-0.2, -0.15) is 0 Å². The standard InChI is InChI=1S/C52H101NO8/c1-3-5-7-9-11-13-15-17-19-21-22-23-24-26-28-30-32-34-36-38-40-42-48(56)53-45(44-60-52-51(59)50(58)49(57)47(43-54)61-52)46(55)41-39-37-35-33-31-29-27-25-20-18-16-14-12-10-8-6-4-2/h39,41,45-47,49-52,54-55,57-59H,3-38,40,42-44H2,1-2H3,(H,53,56)/b41-39+/t45-,46+,47+,49+,50?,51?,52+/m0/s1. The van der Waals surface area contributed by atoms with Crippen molar-refractivity contribution in [2.45, 2.75) is 301 Å². The predicted octanol–water partition coefficient (Wildman–Crippen LogP) is 12.1. The Morgan fingerprint density at radius 2 is 0.902 bits per heavy atom. The molecule has 0 aromatic heterocycles. The van der Waals surface area contributed by atoms with E-state index in [1.54, 1.807) is 6.08 Å². The molecule has 0 radical (unpaired) electrons. The van der Waals surface area contributed by atoms with Gasteiger partial charge in [-0.05, 0) is 19.3 Å². The fraction of sp³-hybridized carbons (Fsp3) is 0.942. The van der Waals surface area contributed by atoms with E-state index in [2.05, 4.69) is 19.2 Å². The van der Waals surface area contributed by atoms with Gasteiger partial charge >= 0.3 is 0 Å². The van der Waals surface area contributed by atoms with Crippen LogP contribution in [0.3, 0.4) is 0 Å². The number of nitrogens with one attached hydrogen (secondary N) is 1. The van der Waals surface area contributed by atoms with Crippen molar-refractivity contribution >= 4 is 5.91 Å². The van der Waals surface area contributed by atoms with Crippen LogP contribution in [0.2, 0.25) is 0 Å². The highest BCUT2D eigenvalue weighted by Crippen LogP contribution is 2.23. The Bertz CT molecular complexity index is 966. The van der Waals surface area contributed by atoms with Gasteiger partial charge in [0.25, 0.3) is 0 Å². The van der Waals surface area contributed by atoms with Gasteiger partial charge < -0.3 is 40.3 Å². The quantitative estimate of drug-likeness (QED) is 0.0262. The zero-order chi connectivity index (χ0) is 44.4. The molecule has 1 aliphatic rings. The van der Waals surface area contributed by atoms with E-state index in [4.69, 9.17) is 9.47 Å². The highest BCUT2D eigenvalue weighted by molar-refractivity contribution is 5.76. The lowest BCUT2D eigenvalue weighted by Crippen LogP contribution is -2.60. The summed E-state index contributed by atoms with van der Waals surface area (Å²) in [6.45, 7) is 3.81. The second-order valence-corrected chi connectivity index (χ2v) is 18.7. The number of rotatable bonds is 45. The lowest BCUT2D eigenvalue weighted by molar-refractivity contribution is -0.302. The topological polar surface area (TPSA) is 149 Å². The maximum Gasteiger partial charge on any atom is 0.220 e. The third-order valence-corrected chi connectivity index (χ3v) is 12.9. The number of amides is 1. The SMILES string of the molecule is CCCCCCCCCCCCCCCCC/C=C/[C@@H](O)[C@H](CO[C@@H]1O[C@H](CO)[C@@H](O)C(O)C1O)NC(=O)CCCCCCCCCCCCCCCCCCCCCCC. The van der Waals surface area contributed by atoms with Crippen LogP contribution in [0.5, 0.6) is 0 Å². The summed E-state index contributed by atoms with van der Waals surface area (Å²) >= 11 is 0. The minimum Gasteiger partial charge on any atom is -0.394 e. The summed E-state index contributed by atoms with van der Waals surface area (Å²) < 4.78 is 11.2. The van der Waals surface area contributed by atoms with Crippen molar-refractivity contribution in [2.24, 2.45) is 0 Å². The highest BCUT2D eigenvalue weighted by Gasteiger charge is 2.44. The number of hydrogen-bond donors (Lipinski definition) is 6. The normalized spacial score (nSPS) is 20.4. The molecule has 61 heavy (non-hydrogen) atoms. The monoisotopic (exact) mass is 868 g/mol. The highest BCUT2D eigenvalue weighted by atomic mass is 16.7. The summed E-state index contributed by atoms with van der Waals surface area (Å²) in [6.07, 6.45) is 44.0. The smallest absolute Gasteiger partial charge is 0.220 e. The van der Waals surface area contributed by atoms with E-state index in [1.165, 1.54) is 199 Å². The minimum atomic E-state index is -1.56. The van der Waals surface area contributed by atoms with Crippen LogP contribution in [0.1, 0.15) is 258 Å². The molecule has 1 fully saturated rings. The van der Waals surface area contributed by atoms with E-state index in [9.17, 15) is 30.3 Å². The molecule has 0 aromatic rings. The second-order valence-electron chi connectivity index (χ2n) is 18.7. The molecule has 0 bridgehead atoms. The van der Waals surface area contributed by atoms with Crippen LogP contribution in [0.4, 0.5) is 0 Å². The van der Waals surface area contributed by atoms with Crippen molar-refractivity contribution in [2.75, 3.05) is 13.2 Å². The molecule has 6 N–H and O–H groups in total. The molecule has 1 saturated heterocycles. The Balaban J connectivity index is 2.26. The number of hydrogen-bond acceptors (Lipinski definition) is 8. The van der Waals surface area contributed by atoms with Crippen LogP contribution in [0.25, 0.3) is 0 Å². The predicted molar refractivity (Wildman–Crippen MR) is 254 cm³/mol. The fourth-order valence-electron chi connectivity index (χ4n) is 8.63.